The van der Waals surface area contributed by atoms with Crippen LogP contribution in [0.1, 0.15) is 27.5 Å². The van der Waals surface area contributed by atoms with Crippen molar-refractivity contribution in [2.45, 2.75) is 18.6 Å². The van der Waals surface area contributed by atoms with Gasteiger partial charge in [0.05, 0.1) is 25.3 Å². The number of nitrogen functional groups attached to an aromatic ring is 1. The molecule has 2 aliphatic rings. The molecule has 4 rings (SSSR count). The van der Waals surface area contributed by atoms with Gasteiger partial charge in [-0.15, -0.1) is 0 Å². The van der Waals surface area contributed by atoms with Crippen LogP contribution in [0.2, 0.25) is 5.02 Å². The minimum Gasteiger partial charge on any atom is -0.378 e. The van der Waals surface area contributed by atoms with Crippen molar-refractivity contribution in [3.8, 4) is 0 Å². The monoisotopic (exact) mass is 461 g/mol. The Morgan fingerprint density at radius 2 is 1.91 bits per heavy atom. The molecule has 2 aliphatic heterocycles. The molecule has 8 nitrogen and oxygen atoms in total. The number of hydrogen-bond donors (Lipinski definition) is 3. The van der Waals surface area contributed by atoms with Crippen LogP contribution >= 0.6 is 11.6 Å². The number of carbonyl (C=O) groups excluding carboxylic acids is 2. The lowest BCUT2D eigenvalue weighted by Gasteiger charge is -2.46. The molecule has 0 bridgehead atoms. The van der Waals surface area contributed by atoms with Crippen molar-refractivity contribution in [3.05, 3.63) is 70.0 Å². The first-order chi connectivity index (χ1) is 15.5. The predicted molar refractivity (Wildman–Crippen MR) is 117 cm³/mol. The highest BCUT2D eigenvalue weighted by molar-refractivity contribution is 6.30. The summed E-state index contributed by atoms with van der Waals surface area (Å²) in [7, 11) is 0. The smallest absolute Gasteiger partial charge is 0.318 e. The third kappa shape index (κ3) is 4.86. The Labute approximate surface area is 190 Å². The highest BCUT2D eigenvalue weighted by Gasteiger charge is 2.36. The molecular weight excluding hydrogens is 437 g/mol. The zero-order valence-electron chi connectivity index (χ0n) is 17.4. The van der Waals surface area contributed by atoms with Crippen molar-refractivity contribution in [2.75, 3.05) is 32.8 Å². The average molecular weight is 462 g/mol. The largest absolute Gasteiger partial charge is 0.378 e. The molecule has 2 aromatic rings. The number of ether oxygens (including phenoxy) is 1. The van der Waals surface area contributed by atoms with E-state index in [9.17, 15) is 14.0 Å². The van der Waals surface area contributed by atoms with Gasteiger partial charge in [-0.2, -0.15) is 0 Å². The third-order valence-electron chi connectivity index (χ3n) is 5.94. The van der Waals surface area contributed by atoms with E-state index in [1.54, 1.807) is 4.90 Å². The van der Waals surface area contributed by atoms with Gasteiger partial charge in [-0.3, -0.25) is 15.1 Å². The van der Waals surface area contributed by atoms with Crippen LogP contribution in [0, 0.1) is 5.82 Å². The van der Waals surface area contributed by atoms with Gasteiger partial charge in [-0.25, -0.2) is 15.0 Å². The predicted octanol–water partition coefficient (Wildman–Crippen LogP) is 2.05. The Hall–Kier alpha value is -2.72. The number of hydrogen-bond acceptors (Lipinski definition) is 5. The van der Waals surface area contributed by atoms with Gasteiger partial charge in [0.1, 0.15) is 5.82 Å². The number of halogens is 2. The van der Waals surface area contributed by atoms with E-state index in [1.807, 2.05) is 29.7 Å². The topological polar surface area (TPSA) is 99.9 Å². The first-order valence-corrected chi connectivity index (χ1v) is 10.7. The molecule has 3 amide bonds. The summed E-state index contributed by atoms with van der Waals surface area (Å²) in [5, 5.41) is 3.44. The van der Waals surface area contributed by atoms with E-state index in [-0.39, 0.29) is 29.7 Å². The van der Waals surface area contributed by atoms with E-state index in [2.05, 4.69) is 10.2 Å². The van der Waals surface area contributed by atoms with E-state index in [0.717, 1.165) is 18.2 Å². The van der Waals surface area contributed by atoms with Gasteiger partial charge in [-0.1, -0.05) is 29.8 Å². The fourth-order valence-electron chi connectivity index (χ4n) is 3.97. The summed E-state index contributed by atoms with van der Waals surface area (Å²) in [5.74, 6) is 3.91. The molecule has 0 saturated carbocycles. The number of hydrazine groups is 1. The molecule has 32 heavy (non-hydrogen) atoms. The molecule has 0 aromatic heterocycles. The van der Waals surface area contributed by atoms with Gasteiger partial charge < -0.3 is 15.0 Å². The fourth-order valence-corrected chi connectivity index (χ4v) is 4.10. The quantitative estimate of drug-likeness (QED) is 0.359. The lowest BCUT2D eigenvalue weighted by atomic mass is 10.0. The van der Waals surface area contributed by atoms with E-state index in [1.165, 1.54) is 12.1 Å². The van der Waals surface area contributed by atoms with Crippen molar-refractivity contribution in [1.29, 1.82) is 0 Å². The van der Waals surface area contributed by atoms with Crippen molar-refractivity contribution in [1.82, 2.24) is 20.5 Å². The van der Waals surface area contributed by atoms with Crippen molar-refractivity contribution in [2.24, 2.45) is 5.84 Å². The Balaban J connectivity index is 1.46. The second kappa shape index (κ2) is 9.83. The number of nitrogens with two attached hydrogens (primary N) is 1. The summed E-state index contributed by atoms with van der Waals surface area (Å²) in [6.45, 7) is 3.37. The summed E-state index contributed by atoms with van der Waals surface area (Å²) in [5.41, 5.74) is 3.33. The van der Waals surface area contributed by atoms with E-state index >= 15 is 0 Å². The standard InChI is InChI=1S/C22H25ClFN5O3/c23-17-5-3-14(4-6-17)20-11-28(18-12-32-13-18)7-8-29(20)22(31)26-10-16-2-1-15(9-19(16)24)21(30)27-25/h1-6,9,18,20H,7-8,10-13,25H2,(H,26,31)(H,27,30). The minimum absolute atomic E-state index is 0.000786. The maximum absolute atomic E-state index is 14.4. The van der Waals surface area contributed by atoms with E-state index in [0.29, 0.717) is 37.4 Å². The summed E-state index contributed by atoms with van der Waals surface area (Å²) in [6, 6.07) is 11.4. The average Bonchev–Trinajstić information content (AvgIpc) is 2.76. The first kappa shape index (κ1) is 22.5. The Bertz CT molecular complexity index is 986. The number of benzene rings is 2. The maximum Gasteiger partial charge on any atom is 0.318 e. The molecule has 1 atom stereocenters. The van der Waals surface area contributed by atoms with Gasteiger partial charge in [0.2, 0.25) is 0 Å². The van der Waals surface area contributed by atoms with Crippen LogP contribution in [0.3, 0.4) is 0 Å². The molecule has 1 unspecified atom stereocenters. The van der Waals surface area contributed by atoms with Gasteiger partial charge in [-0.05, 0) is 29.8 Å². The fraction of sp³-hybridized carbons (Fsp3) is 0.364. The van der Waals surface area contributed by atoms with Gasteiger partial charge in [0, 0.05) is 42.3 Å². The summed E-state index contributed by atoms with van der Waals surface area (Å²) < 4.78 is 19.7. The number of rotatable bonds is 5. The van der Waals surface area contributed by atoms with Gasteiger partial charge >= 0.3 is 6.03 Å². The van der Waals surface area contributed by atoms with Crippen LogP contribution in [-0.4, -0.2) is 60.6 Å². The van der Waals surface area contributed by atoms with E-state index in [4.69, 9.17) is 22.2 Å². The normalized spacial score (nSPS) is 19.3. The lowest BCUT2D eigenvalue weighted by molar-refractivity contribution is -0.0820. The summed E-state index contributed by atoms with van der Waals surface area (Å²) in [4.78, 5) is 28.7. The molecule has 0 aliphatic carbocycles. The maximum atomic E-state index is 14.4. The number of carbonyl (C=O) groups is 2. The van der Waals surface area contributed by atoms with E-state index < -0.39 is 11.7 Å². The number of amides is 3. The van der Waals surface area contributed by atoms with Crippen molar-refractivity contribution in [3.63, 3.8) is 0 Å². The number of urea groups is 1. The SMILES string of the molecule is NNC(=O)c1ccc(CNC(=O)N2CCN(C3COC3)CC2c2ccc(Cl)cc2)c(F)c1. The third-order valence-corrected chi connectivity index (χ3v) is 6.19. The molecular formula is C22H25ClFN5O3. The van der Waals surface area contributed by atoms with Crippen LogP contribution in [-0.2, 0) is 11.3 Å². The Kier molecular flexibility index (Phi) is 6.90. The molecule has 2 aromatic carbocycles. The molecule has 0 spiro atoms. The van der Waals surface area contributed by atoms with Crippen molar-refractivity contribution >= 4 is 23.5 Å². The Morgan fingerprint density at radius 1 is 1.16 bits per heavy atom. The molecule has 4 N–H and O–H groups in total. The highest BCUT2D eigenvalue weighted by Crippen LogP contribution is 2.29. The first-order valence-electron chi connectivity index (χ1n) is 10.4. The second-order valence-electron chi connectivity index (χ2n) is 7.89. The van der Waals surface area contributed by atoms with Crippen molar-refractivity contribution < 1.29 is 18.7 Å². The molecule has 2 fully saturated rings. The molecule has 2 heterocycles. The minimum atomic E-state index is -0.588. The zero-order chi connectivity index (χ0) is 22.7. The molecule has 10 heteroatoms. The number of nitrogens with zero attached hydrogens (tertiary/aromatic N) is 2. The zero-order valence-corrected chi connectivity index (χ0v) is 18.1. The second-order valence-corrected chi connectivity index (χ2v) is 8.32. The number of nitrogens with one attached hydrogen (secondary N) is 2. The lowest BCUT2D eigenvalue weighted by Crippen LogP contribution is -2.59. The molecule has 170 valence electrons. The summed E-state index contributed by atoms with van der Waals surface area (Å²) in [6.07, 6.45) is 0. The van der Waals surface area contributed by atoms with Crippen LogP contribution in [0.25, 0.3) is 0 Å². The van der Waals surface area contributed by atoms with Crippen LogP contribution in [0.5, 0.6) is 0 Å². The van der Waals surface area contributed by atoms with Crippen LogP contribution in [0.4, 0.5) is 9.18 Å². The van der Waals surface area contributed by atoms with Gasteiger partial charge in [0.25, 0.3) is 5.91 Å². The molecule has 0 radical (unpaired) electrons. The summed E-state index contributed by atoms with van der Waals surface area (Å²) >= 11 is 6.05. The highest BCUT2D eigenvalue weighted by atomic mass is 35.5. The Morgan fingerprint density at radius 3 is 2.53 bits per heavy atom. The van der Waals surface area contributed by atoms with Crippen LogP contribution in [0.15, 0.2) is 42.5 Å². The molecule has 2 saturated heterocycles. The number of piperazine rings is 1. The van der Waals surface area contributed by atoms with Gasteiger partial charge in [0.15, 0.2) is 0 Å². The van der Waals surface area contributed by atoms with Crippen LogP contribution < -0.4 is 16.6 Å².